The number of halogens is 3. The summed E-state index contributed by atoms with van der Waals surface area (Å²) in [5.74, 6) is 1.09. The highest BCUT2D eigenvalue weighted by atomic mass is 32.2. The molecule has 0 spiro atoms. The first kappa shape index (κ1) is 23.9. The zero-order valence-electron chi connectivity index (χ0n) is 17.3. The SMILES string of the molecule is COc1ccc(OCCC(=O)N2CCN(S(=O)(=O)c3cccc(C(F)(F)F)c3)CC2)cc1. The highest BCUT2D eigenvalue weighted by Crippen LogP contribution is 2.31. The van der Waals surface area contributed by atoms with Crippen LogP contribution in [0.4, 0.5) is 13.2 Å². The number of carbonyl (C=O) groups is 1. The number of methoxy groups -OCH3 is 1. The van der Waals surface area contributed by atoms with Crippen molar-refractivity contribution in [2.75, 3.05) is 39.9 Å². The van der Waals surface area contributed by atoms with Crippen LogP contribution in [0.2, 0.25) is 0 Å². The van der Waals surface area contributed by atoms with Crippen molar-refractivity contribution in [1.29, 1.82) is 0 Å². The minimum absolute atomic E-state index is 0.00363. The Hall–Kier alpha value is -2.79. The van der Waals surface area contributed by atoms with E-state index in [-0.39, 0.29) is 45.1 Å². The second-order valence-electron chi connectivity index (χ2n) is 7.08. The summed E-state index contributed by atoms with van der Waals surface area (Å²) in [6, 6.07) is 10.6. The molecule has 1 amide bonds. The van der Waals surface area contributed by atoms with Gasteiger partial charge in [0.25, 0.3) is 0 Å². The predicted octanol–water partition coefficient (Wildman–Crippen LogP) is 3.02. The van der Waals surface area contributed by atoms with Crippen LogP contribution in [0, 0.1) is 0 Å². The van der Waals surface area contributed by atoms with Gasteiger partial charge in [-0.15, -0.1) is 0 Å². The molecule has 0 aromatic heterocycles. The van der Waals surface area contributed by atoms with Crippen molar-refractivity contribution in [3.05, 3.63) is 54.1 Å². The maximum absolute atomic E-state index is 12.9. The standard InChI is InChI=1S/C21H23F3N2O5S/c1-30-17-5-7-18(8-6-17)31-14-9-20(27)25-10-12-26(13-11-25)32(28,29)19-4-2-3-16(15-19)21(22,23)24/h2-8,15H,9-14H2,1H3. The molecule has 0 saturated carbocycles. The van der Waals surface area contributed by atoms with E-state index in [9.17, 15) is 26.4 Å². The van der Waals surface area contributed by atoms with Crippen LogP contribution in [-0.4, -0.2) is 63.4 Å². The minimum atomic E-state index is -4.63. The molecular formula is C21H23F3N2O5S. The first-order valence-electron chi connectivity index (χ1n) is 9.83. The Morgan fingerprint density at radius 3 is 2.22 bits per heavy atom. The number of amides is 1. The van der Waals surface area contributed by atoms with Gasteiger partial charge in [0.05, 0.1) is 30.6 Å². The molecule has 1 heterocycles. The number of piperazine rings is 1. The van der Waals surface area contributed by atoms with Crippen LogP contribution in [-0.2, 0) is 21.0 Å². The zero-order chi connectivity index (χ0) is 23.4. The third kappa shape index (κ3) is 5.71. The number of rotatable bonds is 7. The monoisotopic (exact) mass is 472 g/mol. The highest BCUT2D eigenvalue weighted by Gasteiger charge is 2.34. The molecule has 1 fully saturated rings. The summed E-state index contributed by atoms with van der Waals surface area (Å²) in [7, 11) is -2.54. The van der Waals surface area contributed by atoms with Gasteiger partial charge in [-0.05, 0) is 42.5 Å². The van der Waals surface area contributed by atoms with Gasteiger partial charge in [0.1, 0.15) is 11.5 Å². The zero-order valence-corrected chi connectivity index (χ0v) is 18.2. The summed E-state index contributed by atoms with van der Waals surface area (Å²) in [4.78, 5) is 13.5. The maximum Gasteiger partial charge on any atom is 0.416 e. The van der Waals surface area contributed by atoms with Crippen LogP contribution in [0.3, 0.4) is 0 Å². The van der Waals surface area contributed by atoms with E-state index in [0.717, 1.165) is 22.5 Å². The lowest BCUT2D eigenvalue weighted by Gasteiger charge is -2.34. The van der Waals surface area contributed by atoms with Crippen molar-refractivity contribution in [3.63, 3.8) is 0 Å². The number of hydrogen-bond donors (Lipinski definition) is 0. The molecule has 0 aliphatic carbocycles. The van der Waals surface area contributed by atoms with Crippen LogP contribution in [0.15, 0.2) is 53.4 Å². The van der Waals surface area contributed by atoms with Crippen molar-refractivity contribution in [2.45, 2.75) is 17.5 Å². The summed E-state index contributed by atoms with van der Waals surface area (Å²) in [5, 5.41) is 0. The predicted molar refractivity (Wildman–Crippen MR) is 110 cm³/mol. The van der Waals surface area contributed by atoms with E-state index in [1.54, 1.807) is 31.4 Å². The van der Waals surface area contributed by atoms with E-state index in [0.29, 0.717) is 17.6 Å². The van der Waals surface area contributed by atoms with Crippen molar-refractivity contribution in [1.82, 2.24) is 9.21 Å². The second kappa shape index (κ2) is 9.78. The molecule has 2 aromatic carbocycles. The fraction of sp³-hybridized carbons (Fsp3) is 0.381. The third-order valence-corrected chi connectivity index (χ3v) is 6.93. The van der Waals surface area contributed by atoms with Crippen LogP contribution in [0.5, 0.6) is 11.5 Å². The summed E-state index contributed by atoms with van der Waals surface area (Å²) >= 11 is 0. The van der Waals surface area contributed by atoms with Gasteiger partial charge in [0.15, 0.2) is 0 Å². The third-order valence-electron chi connectivity index (χ3n) is 5.03. The molecule has 0 N–H and O–H groups in total. The number of carbonyl (C=O) groups excluding carboxylic acids is 1. The van der Waals surface area contributed by atoms with E-state index in [1.807, 2.05) is 0 Å². The van der Waals surface area contributed by atoms with Gasteiger partial charge in [-0.1, -0.05) is 6.07 Å². The van der Waals surface area contributed by atoms with Gasteiger partial charge in [0, 0.05) is 26.2 Å². The molecule has 2 aromatic rings. The van der Waals surface area contributed by atoms with E-state index in [4.69, 9.17) is 9.47 Å². The average molecular weight is 472 g/mol. The van der Waals surface area contributed by atoms with Gasteiger partial charge in [-0.3, -0.25) is 4.79 Å². The molecule has 0 atom stereocenters. The Morgan fingerprint density at radius 2 is 1.62 bits per heavy atom. The number of ether oxygens (including phenoxy) is 2. The number of hydrogen-bond acceptors (Lipinski definition) is 5. The molecule has 11 heteroatoms. The quantitative estimate of drug-likeness (QED) is 0.619. The van der Waals surface area contributed by atoms with Crippen molar-refractivity contribution in [2.24, 2.45) is 0 Å². The van der Waals surface area contributed by atoms with Gasteiger partial charge >= 0.3 is 6.18 Å². The van der Waals surface area contributed by atoms with Crippen molar-refractivity contribution in [3.8, 4) is 11.5 Å². The van der Waals surface area contributed by atoms with Crippen LogP contribution < -0.4 is 9.47 Å². The Bertz CT molecular complexity index is 1030. The van der Waals surface area contributed by atoms with Crippen molar-refractivity contribution < 1.29 is 35.9 Å². The summed E-state index contributed by atoms with van der Waals surface area (Å²) in [6.07, 6.45) is -4.52. The molecule has 1 aliphatic heterocycles. The smallest absolute Gasteiger partial charge is 0.416 e. The molecule has 174 valence electrons. The summed E-state index contributed by atoms with van der Waals surface area (Å²) in [5.41, 5.74) is -1.02. The van der Waals surface area contributed by atoms with E-state index >= 15 is 0 Å². The fourth-order valence-corrected chi connectivity index (χ4v) is 4.71. The Labute approximate surface area is 184 Å². The molecule has 0 bridgehead atoms. The minimum Gasteiger partial charge on any atom is -0.497 e. The van der Waals surface area contributed by atoms with Crippen LogP contribution >= 0.6 is 0 Å². The highest BCUT2D eigenvalue weighted by molar-refractivity contribution is 7.89. The normalized spacial score (nSPS) is 15.4. The first-order valence-corrected chi connectivity index (χ1v) is 11.3. The lowest BCUT2D eigenvalue weighted by atomic mass is 10.2. The Morgan fingerprint density at radius 1 is 1.00 bits per heavy atom. The van der Waals surface area contributed by atoms with Gasteiger partial charge in [-0.25, -0.2) is 8.42 Å². The molecule has 0 unspecified atom stereocenters. The first-order chi connectivity index (χ1) is 15.1. The van der Waals surface area contributed by atoms with Gasteiger partial charge in [-0.2, -0.15) is 17.5 Å². The van der Waals surface area contributed by atoms with Crippen LogP contribution in [0.25, 0.3) is 0 Å². The lowest BCUT2D eigenvalue weighted by Crippen LogP contribution is -2.50. The number of benzene rings is 2. The van der Waals surface area contributed by atoms with E-state index in [2.05, 4.69) is 0 Å². The second-order valence-corrected chi connectivity index (χ2v) is 9.02. The average Bonchev–Trinajstić information content (AvgIpc) is 2.79. The Kier molecular flexibility index (Phi) is 7.29. The van der Waals surface area contributed by atoms with Gasteiger partial charge < -0.3 is 14.4 Å². The topological polar surface area (TPSA) is 76.2 Å². The number of alkyl halides is 3. The largest absolute Gasteiger partial charge is 0.497 e. The molecule has 0 radical (unpaired) electrons. The maximum atomic E-state index is 12.9. The Balaban J connectivity index is 1.52. The molecule has 7 nitrogen and oxygen atoms in total. The number of nitrogens with zero attached hydrogens (tertiary/aromatic N) is 2. The number of sulfonamides is 1. The fourth-order valence-electron chi connectivity index (χ4n) is 3.25. The van der Waals surface area contributed by atoms with E-state index < -0.39 is 26.7 Å². The molecule has 1 saturated heterocycles. The van der Waals surface area contributed by atoms with Gasteiger partial charge in [0.2, 0.25) is 15.9 Å². The molecule has 32 heavy (non-hydrogen) atoms. The molecular weight excluding hydrogens is 449 g/mol. The summed E-state index contributed by atoms with van der Waals surface area (Å²) in [6.45, 7) is 0.473. The summed E-state index contributed by atoms with van der Waals surface area (Å²) < 4.78 is 75.9. The van der Waals surface area contributed by atoms with Crippen molar-refractivity contribution >= 4 is 15.9 Å². The lowest BCUT2D eigenvalue weighted by molar-refractivity contribution is -0.137. The molecule has 3 rings (SSSR count). The molecule has 1 aliphatic rings. The van der Waals surface area contributed by atoms with Crippen LogP contribution in [0.1, 0.15) is 12.0 Å². The van der Waals surface area contributed by atoms with E-state index in [1.165, 1.54) is 4.90 Å².